The van der Waals surface area contributed by atoms with Crippen molar-refractivity contribution in [3.63, 3.8) is 0 Å². The first-order valence-corrected chi connectivity index (χ1v) is 9.62. The standard InChI is InChI=1S/C22H21ClN4O/c1-14-7-8-18(23)12-19(14)25-21(28)20-11-15(2)24-22(26-20)27-10-9-16-5-3-4-6-17(16)13-27/h3-8,11-12H,9-10,13H2,1-2H3,(H,25,28). The Kier molecular flexibility index (Phi) is 5.01. The van der Waals surface area contributed by atoms with Gasteiger partial charge in [-0.15, -0.1) is 0 Å². The minimum absolute atomic E-state index is 0.269. The average Bonchev–Trinajstić information content (AvgIpc) is 2.70. The van der Waals surface area contributed by atoms with E-state index in [0.717, 1.165) is 30.8 Å². The quantitative estimate of drug-likeness (QED) is 0.709. The summed E-state index contributed by atoms with van der Waals surface area (Å²) < 4.78 is 0. The Bertz CT molecular complexity index is 1050. The molecule has 5 nitrogen and oxygen atoms in total. The fourth-order valence-electron chi connectivity index (χ4n) is 3.39. The second-order valence-electron chi connectivity index (χ2n) is 7.05. The van der Waals surface area contributed by atoms with Gasteiger partial charge in [-0.1, -0.05) is 41.9 Å². The Labute approximate surface area is 169 Å². The van der Waals surface area contributed by atoms with Crippen LogP contribution in [0.15, 0.2) is 48.5 Å². The van der Waals surface area contributed by atoms with E-state index in [2.05, 4.69) is 38.4 Å². The molecule has 142 valence electrons. The van der Waals surface area contributed by atoms with Crippen LogP contribution in [0.5, 0.6) is 0 Å². The van der Waals surface area contributed by atoms with Gasteiger partial charge in [-0.05, 0) is 55.2 Å². The highest BCUT2D eigenvalue weighted by Crippen LogP contribution is 2.24. The van der Waals surface area contributed by atoms with Gasteiger partial charge in [0.15, 0.2) is 0 Å². The van der Waals surface area contributed by atoms with E-state index < -0.39 is 0 Å². The largest absolute Gasteiger partial charge is 0.336 e. The van der Waals surface area contributed by atoms with Crippen molar-refractivity contribution in [3.05, 3.63) is 81.6 Å². The van der Waals surface area contributed by atoms with E-state index >= 15 is 0 Å². The lowest BCUT2D eigenvalue weighted by atomic mass is 10.0. The predicted molar refractivity (Wildman–Crippen MR) is 112 cm³/mol. The van der Waals surface area contributed by atoms with Crippen LogP contribution in [0.1, 0.15) is 32.9 Å². The fourth-order valence-corrected chi connectivity index (χ4v) is 3.56. The molecule has 1 N–H and O–H groups in total. The van der Waals surface area contributed by atoms with Crippen molar-refractivity contribution in [1.82, 2.24) is 9.97 Å². The Morgan fingerprint density at radius 1 is 1.07 bits per heavy atom. The molecule has 2 heterocycles. The van der Waals surface area contributed by atoms with Gasteiger partial charge in [-0.25, -0.2) is 9.97 Å². The highest BCUT2D eigenvalue weighted by Gasteiger charge is 2.20. The highest BCUT2D eigenvalue weighted by molar-refractivity contribution is 6.31. The summed E-state index contributed by atoms with van der Waals surface area (Å²) >= 11 is 6.06. The van der Waals surface area contributed by atoms with Crippen LogP contribution >= 0.6 is 11.6 Å². The zero-order valence-corrected chi connectivity index (χ0v) is 16.6. The molecule has 6 heteroatoms. The van der Waals surface area contributed by atoms with Crippen molar-refractivity contribution in [1.29, 1.82) is 0 Å². The molecule has 0 atom stereocenters. The summed E-state index contributed by atoms with van der Waals surface area (Å²) in [7, 11) is 0. The van der Waals surface area contributed by atoms with E-state index in [1.165, 1.54) is 11.1 Å². The lowest BCUT2D eigenvalue weighted by Gasteiger charge is -2.29. The van der Waals surface area contributed by atoms with Gasteiger partial charge in [-0.3, -0.25) is 4.79 Å². The number of benzene rings is 2. The van der Waals surface area contributed by atoms with Gasteiger partial charge in [-0.2, -0.15) is 0 Å². The summed E-state index contributed by atoms with van der Waals surface area (Å²) in [6.45, 7) is 5.38. The fraction of sp³-hybridized carbons (Fsp3) is 0.227. The summed E-state index contributed by atoms with van der Waals surface area (Å²) in [5, 5.41) is 3.48. The summed E-state index contributed by atoms with van der Waals surface area (Å²) in [5.41, 5.74) is 5.37. The van der Waals surface area contributed by atoms with Crippen molar-refractivity contribution in [3.8, 4) is 0 Å². The minimum atomic E-state index is -0.269. The molecule has 0 unspecified atom stereocenters. The molecule has 1 amide bonds. The summed E-state index contributed by atoms with van der Waals surface area (Å²) in [6.07, 6.45) is 0.941. The number of aromatic nitrogens is 2. The van der Waals surface area contributed by atoms with Gasteiger partial charge in [0, 0.05) is 29.5 Å². The molecule has 4 rings (SSSR count). The van der Waals surface area contributed by atoms with Crippen LogP contribution in [0.2, 0.25) is 5.02 Å². The smallest absolute Gasteiger partial charge is 0.274 e. The van der Waals surface area contributed by atoms with E-state index in [4.69, 9.17) is 11.6 Å². The Balaban J connectivity index is 1.59. The molecule has 0 saturated carbocycles. The van der Waals surface area contributed by atoms with Crippen LogP contribution < -0.4 is 10.2 Å². The first kappa shape index (κ1) is 18.4. The third kappa shape index (κ3) is 3.85. The van der Waals surface area contributed by atoms with E-state index in [-0.39, 0.29) is 5.91 Å². The number of rotatable bonds is 3. The number of hydrogen-bond donors (Lipinski definition) is 1. The number of carbonyl (C=O) groups excluding carboxylic acids is 1. The third-order valence-electron chi connectivity index (χ3n) is 4.94. The van der Waals surface area contributed by atoms with E-state index in [0.29, 0.717) is 22.4 Å². The van der Waals surface area contributed by atoms with Gasteiger partial charge in [0.2, 0.25) is 5.95 Å². The molecule has 1 aromatic heterocycles. The molecule has 1 aliphatic heterocycles. The van der Waals surface area contributed by atoms with E-state index in [1.807, 2.05) is 26.0 Å². The van der Waals surface area contributed by atoms with Crippen LogP contribution in [0.25, 0.3) is 0 Å². The molecule has 0 saturated heterocycles. The number of halogens is 1. The molecule has 0 spiro atoms. The maximum absolute atomic E-state index is 12.8. The van der Waals surface area contributed by atoms with Gasteiger partial charge in [0.1, 0.15) is 5.69 Å². The van der Waals surface area contributed by atoms with Gasteiger partial charge in [0.05, 0.1) is 0 Å². The summed E-state index contributed by atoms with van der Waals surface area (Å²) in [4.78, 5) is 24.0. The van der Waals surface area contributed by atoms with Crippen LogP contribution in [0.4, 0.5) is 11.6 Å². The zero-order valence-electron chi connectivity index (χ0n) is 15.9. The van der Waals surface area contributed by atoms with Crippen molar-refractivity contribution in [2.75, 3.05) is 16.8 Å². The first-order chi connectivity index (χ1) is 13.5. The van der Waals surface area contributed by atoms with Crippen molar-refractivity contribution in [2.24, 2.45) is 0 Å². The Hall–Kier alpha value is -2.92. The number of nitrogens with one attached hydrogen (secondary N) is 1. The number of amides is 1. The van der Waals surface area contributed by atoms with E-state index in [9.17, 15) is 4.79 Å². The van der Waals surface area contributed by atoms with Crippen molar-refractivity contribution >= 4 is 29.1 Å². The molecule has 0 radical (unpaired) electrons. The predicted octanol–water partition coefficient (Wildman–Crippen LogP) is 4.56. The zero-order chi connectivity index (χ0) is 19.7. The Morgan fingerprint density at radius 2 is 1.86 bits per heavy atom. The molecule has 3 aromatic rings. The van der Waals surface area contributed by atoms with Crippen LogP contribution in [0, 0.1) is 13.8 Å². The summed E-state index contributed by atoms with van der Waals surface area (Å²) in [6, 6.07) is 15.5. The lowest BCUT2D eigenvalue weighted by molar-refractivity contribution is 0.102. The van der Waals surface area contributed by atoms with Gasteiger partial charge >= 0.3 is 0 Å². The van der Waals surface area contributed by atoms with Crippen molar-refractivity contribution < 1.29 is 4.79 Å². The Morgan fingerprint density at radius 3 is 2.68 bits per heavy atom. The third-order valence-corrected chi connectivity index (χ3v) is 5.17. The molecule has 0 fully saturated rings. The summed E-state index contributed by atoms with van der Waals surface area (Å²) in [5.74, 6) is 0.317. The molecule has 0 aliphatic carbocycles. The lowest BCUT2D eigenvalue weighted by Crippen LogP contribution is -2.32. The second kappa shape index (κ2) is 7.60. The number of anilines is 2. The number of carbonyl (C=O) groups is 1. The highest BCUT2D eigenvalue weighted by atomic mass is 35.5. The molecule has 0 bridgehead atoms. The van der Waals surface area contributed by atoms with Gasteiger partial charge < -0.3 is 10.2 Å². The van der Waals surface area contributed by atoms with Gasteiger partial charge in [0.25, 0.3) is 5.91 Å². The monoisotopic (exact) mass is 392 g/mol. The minimum Gasteiger partial charge on any atom is -0.336 e. The number of aryl methyl sites for hydroxylation is 2. The normalized spacial score (nSPS) is 13.2. The SMILES string of the molecule is Cc1cc(C(=O)Nc2cc(Cl)ccc2C)nc(N2CCc3ccccc3C2)n1. The maximum atomic E-state index is 12.8. The van der Waals surface area contributed by atoms with E-state index in [1.54, 1.807) is 18.2 Å². The maximum Gasteiger partial charge on any atom is 0.274 e. The molecule has 28 heavy (non-hydrogen) atoms. The van der Waals surface area contributed by atoms with Crippen LogP contribution in [-0.4, -0.2) is 22.4 Å². The topological polar surface area (TPSA) is 58.1 Å². The van der Waals surface area contributed by atoms with Crippen LogP contribution in [-0.2, 0) is 13.0 Å². The average molecular weight is 393 g/mol. The van der Waals surface area contributed by atoms with Crippen LogP contribution in [0.3, 0.4) is 0 Å². The second-order valence-corrected chi connectivity index (χ2v) is 7.48. The number of hydrogen-bond acceptors (Lipinski definition) is 4. The van der Waals surface area contributed by atoms with Crippen molar-refractivity contribution in [2.45, 2.75) is 26.8 Å². The molecular formula is C22H21ClN4O. The molecule has 1 aliphatic rings. The molecule has 2 aromatic carbocycles. The number of nitrogens with zero attached hydrogens (tertiary/aromatic N) is 3. The first-order valence-electron chi connectivity index (χ1n) is 9.24. The molecular weight excluding hydrogens is 372 g/mol. The number of fused-ring (bicyclic) bond motifs is 1.